The van der Waals surface area contributed by atoms with E-state index < -0.39 is 0 Å². The molecule has 0 saturated carbocycles. The summed E-state index contributed by atoms with van der Waals surface area (Å²) in [6.07, 6.45) is 4.77. The minimum atomic E-state index is 0.118. The Balaban J connectivity index is 2.18. The third-order valence-corrected chi connectivity index (χ3v) is 4.32. The average molecular weight is 303 g/mol. The van der Waals surface area contributed by atoms with E-state index in [0.717, 1.165) is 13.0 Å². The van der Waals surface area contributed by atoms with Crippen LogP contribution in [0.1, 0.15) is 55.6 Å². The van der Waals surface area contributed by atoms with Crippen LogP contribution in [0.4, 0.5) is 0 Å². The second-order valence-electron chi connectivity index (χ2n) is 6.49. The summed E-state index contributed by atoms with van der Waals surface area (Å²) >= 11 is 1.76. The van der Waals surface area contributed by atoms with Crippen LogP contribution in [0.25, 0.3) is 0 Å². The fourth-order valence-corrected chi connectivity index (χ4v) is 3.31. The predicted molar refractivity (Wildman–Crippen MR) is 89.9 cm³/mol. The number of rotatable bonds is 5. The molecule has 0 saturated heterocycles. The zero-order valence-electron chi connectivity index (χ0n) is 13.6. The molecule has 2 heterocycles. The molecular weight excluding hydrogens is 278 g/mol. The van der Waals surface area contributed by atoms with Gasteiger partial charge >= 0.3 is 0 Å². The maximum Gasteiger partial charge on any atom is 0.0947 e. The van der Waals surface area contributed by atoms with Gasteiger partial charge in [0.2, 0.25) is 0 Å². The largest absolute Gasteiger partial charge is 0.310 e. The lowest BCUT2D eigenvalue weighted by Gasteiger charge is -2.18. The summed E-state index contributed by atoms with van der Waals surface area (Å²) in [6.45, 7) is 11.8. The molecule has 0 fully saturated rings. The molecule has 1 unspecified atom stereocenters. The minimum absolute atomic E-state index is 0.118. The Morgan fingerprint density at radius 3 is 2.62 bits per heavy atom. The highest BCUT2D eigenvalue weighted by atomic mass is 32.1. The molecule has 0 aliphatic heterocycles. The van der Waals surface area contributed by atoms with Gasteiger partial charge in [-0.25, -0.2) is 4.98 Å². The summed E-state index contributed by atoms with van der Waals surface area (Å²) < 4.78 is 0. The van der Waals surface area contributed by atoms with E-state index in [1.807, 2.05) is 12.4 Å². The first-order chi connectivity index (χ1) is 9.90. The molecule has 1 atom stereocenters. The maximum absolute atomic E-state index is 4.81. The molecule has 0 aliphatic rings. The number of nitrogens with one attached hydrogen (secondary N) is 1. The van der Waals surface area contributed by atoms with Crippen molar-refractivity contribution in [3.8, 4) is 0 Å². The minimum Gasteiger partial charge on any atom is -0.310 e. The Hall–Kier alpha value is -1.26. The molecule has 2 aromatic rings. The van der Waals surface area contributed by atoms with E-state index in [9.17, 15) is 0 Å². The first-order valence-electron chi connectivity index (χ1n) is 7.50. The van der Waals surface area contributed by atoms with Gasteiger partial charge in [0.1, 0.15) is 0 Å². The summed E-state index contributed by atoms with van der Waals surface area (Å²) in [7, 11) is 0. The van der Waals surface area contributed by atoms with Crippen molar-refractivity contribution in [1.29, 1.82) is 0 Å². The second-order valence-corrected chi connectivity index (χ2v) is 7.43. The average Bonchev–Trinajstić information content (AvgIpc) is 2.87. The smallest absolute Gasteiger partial charge is 0.0947 e. The first-order valence-corrected chi connectivity index (χ1v) is 8.38. The SMILES string of the molecule is CCNC(Cc1nc(C(C)(C)C)cs1)c1cncc(C)c1. The van der Waals surface area contributed by atoms with E-state index in [2.05, 4.69) is 56.4 Å². The van der Waals surface area contributed by atoms with Crippen molar-refractivity contribution in [3.05, 3.63) is 45.7 Å². The summed E-state index contributed by atoms with van der Waals surface area (Å²) in [5.74, 6) is 0. The van der Waals surface area contributed by atoms with Gasteiger partial charge in [-0.1, -0.05) is 33.8 Å². The molecule has 2 aromatic heterocycles. The number of thiazole rings is 1. The molecule has 2 rings (SSSR count). The third kappa shape index (κ3) is 4.35. The van der Waals surface area contributed by atoms with Gasteiger partial charge in [-0.3, -0.25) is 4.98 Å². The fraction of sp³-hybridized carbons (Fsp3) is 0.529. The maximum atomic E-state index is 4.81. The number of pyridine rings is 1. The Kier molecular flexibility index (Phi) is 5.12. The Morgan fingerprint density at radius 1 is 1.29 bits per heavy atom. The van der Waals surface area contributed by atoms with Gasteiger partial charge in [0, 0.05) is 35.7 Å². The highest BCUT2D eigenvalue weighted by Crippen LogP contribution is 2.26. The van der Waals surface area contributed by atoms with Crippen LogP contribution in [0.2, 0.25) is 0 Å². The number of hydrogen-bond acceptors (Lipinski definition) is 4. The van der Waals surface area contributed by atoms with Gasteiger partial charge in [0.15, 0.2) is 0 Å². The van der Waals surface area contributed by atoms with Crippen LogP contribution in [-0.2, 0) is 11.8 Å². The van der Waals surface area contributed by atoms with Gasteiger partial charge in [0.05, 0.1) is 10.7 Å². The summed E-state index contributed by atoms with van der Waals surface area (Å²) in [5.41, 5.74) is 3.74. The number of hydrogen-bond donors (Lipinski definition) is 1. The number of aromatic nitrogens is 2. The lowest BCUT2D eigenvalue weighted by molar-refractivity contribution is 0.538. The van der Waals surface area contributed by atoms with Crippen molar-refractivity contribution in [2.24, 2.45) is 0 Å². The van der Waals surface area contributed by atoms with Crippen molar-refractivity contribution in [3.63, 3.8) is 0 Å². The van der Waals surface area contributed by atoms with E-state index in [-0.39, 0.29) is 11.5 Å². The number of nitrogens with zero attached hydrogens (tertiary/aromatic N) is 2. The Morgan fingerprint density at radius 2 is 2.05 bits per heavy atom. The first kappa shape index (κ1) is 16.1. The van der Waals surface area contributed by atoms with Gasteiger partial charge in [-0.15, -0.1) is 11.3 Å². The van der Waals surface area contributed by atoms with Crippen LogP contribution in [-0.4, -0.2) is 16.5 Å². The van der Waals surface area contributed by atoms with Crippen LogP contribution in [0, 0.1) is 6.92 Å². The van der Waals surface area contributed by atoms with E-state index in [4.69, 9.17) is 4.98 Å². The van der Waals surface area contributed by atoms with Gasteiger partial charge < -0.3 is 5.32 Å². The van der Waals surface area contributed by atoms with E-state index in [0.29, 0.717) is 0 Å². The van der Waals surface area contributed by atoms with Crippen LogP contribution in [0.3, 0.4) is 0 Å². The molecule has 1 N–H and O–H groups in total. The van der Waals surface area contributed by atoms with Crippen molar-refractivity contribution < 1.29 is 0 Å². The lowest BCUT2D eigenvalue weighted by Crippen LogP contribution is -2.23. The number of likely N-dealkylation sites (N-methyl/N-ethyl adjacent to an activating group) is 1. The molecule has 21 heavy (non-hydrogen) atoms. The van der Waals surface area contributed by atoms with Gasteiger partial charge in [-0.05, 0) is 24.6 Å². The van der Waals surface area contributed by atoms with E-state index >= 15 is 0 Å². The highest BCUT2D eigenvalue weighted by Gasteiger charge is 2.19. The highest BCUT2D eigenvalue weighted by molar-refractivity contribution is 7.09. The predicted octanol–water partition coefficient (Wildman–Crippen LogP) is 4.04. The van der Waals surface area contributed by atoms with Crippen molar-refractivity contribution in [1.82, 2.24) is 15.3 Å². The lowest BCUT2D eigenvalue weighted by atomic mass is 9.93. The Bertz CT molecular complexity index is 584. The topological polar surface area (TPSA) is 37.8 Å². The quantitative estimate of drug-likeness (QED) is 0.906. The zero-order valence-corrected chi connectivity index (χ0v) is 14.4. The van der Waals surface area contributed by atoms with Gasteiger partial charge in [-0.2, -0.15) is 0 Å². The molecule has 3 nitrogen and oxygen atoms in total. The summed E-state index contributed by atoms with van der Waals surface area (Å²) in [4.78, 5) is 9.13. The van der Waals surface area contributed by atoms with Crippen molar-refractivity contribution in [2.75, 3.05) is 6.54 Å². The van der Waals surface area contributed by atoms with Crippen LogP contribution >= 0.6 is 11.3 Å². The standard InChI is InChI=1S/C17H25N3S/c1-6-19-14(13-7-12(2)9-18-10-13)8-16-20-15(11-21-16)17(3,4)5/h7,9-11,14,19H,6,8H2,1-5H3. The fourth-order valence-electron chi connectivity index (χ4n) is 2.25. The molecule has 4 heteroatoms. The van der Waals surface area contributed by atoms with E-state index in [1.54, 1.807) is 11.3 Å². The molecule has 0 bridgehead atoms. The summed E-state index contributed by atoms with van der Waals surface area (Å²) in [6, 6.07) is 2.49. The molecule has 0 radical (unpaired) electrons. The molecule has 0 aliphatic carbocycles. The van der Waals surface area contributed by atoms with Gasteiger partial charge in [0.25, 0.3) is 0 Å². The van der Waals surface area contributed by atoms with Crippen LogP contribution < -0.4 is 5.32 Å². The normalized spacial score (nSPS) is 13.4. The molecule has 0 aromatic carbocycles. The van der Waals surface area contributed by atoms with Crippen molar-refractivity contribution in [2.45, 2.75) is 52.5 Å². The van der Waals surface area contributed by atoms with E-state index in [1.165, 1.54) is 21.8 Å². The molecular formula is C17H25N3S. The van der Waals surface area contributed by atoms with Crippen LogP contribution in [0.5, 0.6) is 0 Å². The molecule has 0 amide bonds. The summed E-state index contributed by atoms with van der Waals surface area (Å²) in [5, 5.41) is 6.92. The Labute approximate surface area is 131 Å². The van der Waals surface area contributed by atoms with Crippen LogP contribution in [0.15, 0.2) is 23.8 Å². The second kappa shape index (κ2) is 6.67. The molecule has 0 spiro atoms. The third-order valence-electron chi connectivity index (χ3n) is 3.45. The monoisotopic (exact) mass is 303 g/mol. The molecule has 114 valence electrons. The van der Waals surface area contributed by atoms with Crippen molar-refractivity contribution >= 4 is 11.3 Å². The number of aryl methyl sites for hydroxylation is 1. The zero-order chi connectivity index (χ0) is 15.5.